The second-order valence-corrected chi connectivity index (χ2v) is 33.3. The standard InChI is InChI=1S/C79H125N15O24P2/c1-13-52(5)45-53(6)29-27-32-60(76(105)117-64-46-55(8)94(74(64)102)57(10)72(100)92(12)63(47-58-30-19-15-20-31-58)73(101)91(11)49-66(96)89-68(54(7)14-2)71(99)85-56(9)75(103)104)48-93(79(108)109)42-24-18-26-44-116-120(112,113)118-119(110,111)115-43-25-17-22-39-83-78(107)114-50-59-35-37-61(38-36-59)86-69(97)62(33-28-40-82-77(80)106)87-70(98)67(51(3)4)88-65(95)34-21-16-23-41-84-90-81/h13,15,19-20,30-32,35-38,51,53-57,62-64,67-68H,14,16-18,21-29,33-34,39-50H2,1-12H3,(H,83,107)(H,85,99)(H,86,97)(H,87,98)(H,88,95)(H,89,96)(H,103,104)(H,108,109)(H,110,111)(H,112,113)(H3,80,82,106)/b52-13+,60-32+/t53-,54?,55?,56+,57-,62+,63+,64+,67+,68-/m0/s1. The van der Waals surface area contributed by atoms with E-state index < -0.39 is 168 Å². The lowest BCUT2D eigenvalue weighted by Crippen LogP contribution is -2.57. The molecule has 1 aliphatic heterocycles. The van der Waals surface area contributed by atoms with Gasteiger partial charge in [0.15, 0.2) is 6.10 Å². The van der Waals surface area contributed by atoms with E-state index in [1.165, 1.54) is 37.7 Å². The lowest BCUT2D eigenvalue weighted by atomic mass is 9.96. The number of phosphoric ester groups is 2. The Morgan fingerprint density at radius 3 is 1.95 bits per heavy atom. The number of likely N-dealkylation sites (N-methyl/N-ethyl adjacent to an activating group) is 2. The summed E-state index contributed by atoms with van der Waals surface area (Å²) in [6.07, 6.45) is 5.40. The lowest BCUT2D eigenvalue weighted by Gasteiger charge is -2.36. The highest BCUT2D eigenvalue weighted by atomic mass is 31.3. The van der Waals surface area contributed by atoms with Gasteiger partial charge in [-0.2, -0.15) is 4.31 Å². The first kappa shape index (κ1) is 104. The molecule has 0 aromatic heterocycles. The summed E-state index contributed by atoms with van der Waals surface area (Å²) in [5.41, 5.74) is 16.3. The molecule has 1 saturated heterocycles. The van der Waals surface area contributed by atoms with Crippen molar-refractivity contribution in [3.8, 4) is 0 Å². The van der Waals surface area contributed by atoms with Crippen LogP contribution >= 0.6 is 15.6 Å². The Morgan fingerprint density at radius 1 is 0.733 bits per heavy atom. The van der Waals surface area contributed by atoms with E-state index in [4.69, 9.17) is 29.8 Å². The van der Waals surface area contributed by atoms with Crippen LogP contribution in [0.5, 0.6) is 0 Å². The summed E-state index contributed by atoms with van der Waals surface area (Å²) in [7, 11) is -7.61. The average molecular weight is 1730 g/mol. The van der Waals surface area contributed by atoms with Crippen molar-refractivity contribution < 1.29 is 114 Å². The minimum atomic E-state index is -5.19. The van der Waals surface area contributed by atoms with Crippen LogP contribution in [0.1, 0.15) is 190 Å². The number of rotatable bonds is 57. The minimum absolute atomic E-state index is 0.0217. The van der Waals surface area contributed by atoms with Crippen molar-refractivity contribution in [2.75, 3.05) is 71.9 Å². The molecular formula is C79H125N15O24P2. The van der Waals surface area contributed by atoms with Crippen LogP contribution in [0, 0.1) is 17.8 Å². The molecule has 39 nitrogen and oxygen atoms in total. The number of urea groups is 1. The summed E-state index contributed by atoms with van der Waals surface area (Å²) in [4.78, 5) is 200. The molecule has 3 rings (SSSR count). The van der Waals surface area contributed by atoms with E-state index in [0.29, 0.717) is 74.7 Å². The smallest absolute Gasteiger partial charge is 0.480 e. The number of ether oxygens (including phenoxy) is 2. The number of nitrogens with one attached hydrogen (secondary N) is 7. The fraction of sp³-hybridized carbons (Fsp3) is 0.633. The van der Waals surface area contributed by atoms with Gasteiger partial charge >= 0.3 is 45.8 Å². The first-order valence-corrected chi connectivity index (χ1v) is 43.4. The monoisotopic (exact) mass is 1730 g/mol. The molecule has 0 bridgehead atoms. The number of amides is 12. The number of carboxylic acids is 1. The van der Waals surface area contributed by atoms with E-state index in [1.807, 2.05) is 26.8 Å². The van der Waals surface area contributed by atoms with Crippen LogP contribution in [0.25, 0.3) is 10.4 Å². The summed E-state index contributed by atoms with van der Waals surface area (Å²) in [5, 5.41) is 41.5. The maximum atomic E-state index is 14.6. The highest BCUT2D eigenvalue weighted by Gasteiger charge is 2.46. The largest absolute Gasteiger partial charge is 0.481 e. The van der Waals surface area contributed by atoms with Crippen LogP contribution in [0.3, 0.4) is 0 Å². The number of alkyl carbamates (subject to hydrolysis) is 1. The van der Waals surface area contributed by atoms with Crippen LogP contribution in [-0.4, -0.2) is 232 Å². The molecule has 1 aliphatic rings. The predicted octanol–water partition coefficient (Wildman–Crippen LogP) is 8.64. The second kappa shape index (κ2) is 54.3. The van der Waals surface area contributed by atoms with Crippen molar-refractivity contribution >= 4 is 98.7 Å². The van der Waals surface area contributed by atoms with Crippen molar-refractivity contribution in [2.24, 2.45) is 28.6 Å². The van der Waals surface area contributed by atoms with Gasteiger partial charge in [-0.05, 0) is 165 Å². The number of hydrogen-bond acceptors (Lipinski definition) is 21. The normalized spacial score (nSPS) is 16.5. The Balaban J connectivity index is 1.53. The van der Waals surface area contributed by atoms with E-state index in [2.05, 4.69) is 51.6 Å². The molecule has 0 spiro atoms. The summed E-state index contributed by atoms with van der Waals surface area (Å²) in [6, 6.07) is 6.65. The SMILES string of the molecule is C/C=C(\C)C[C@@H](C)CC/C=C(\CN(CCCCCOP(=O)(O)OP(=O)(O)OCCCCCNC(=O)OCc1ccc(NC(=O)[C@@H](CCCNC(N)=O)NC(=O)[C@H](NC(=O)CCCCCN=[N+]=[N-])C(C)C)cc1)C(=O)O)C(=O)O[C@@H]1CC(C)N([C@@H](C)C(=O)N(C)[C@H](Cc2ccccc2)C(=O)N(C)CC(=O)N[C@H](C(=O)N[C@H](C)C(=O)O)C(C)CC)C1=O. The van der Waals surface area contributed by atoms with Gasteiger partial charge in [0, 0.05) is 76.2 Å². The summed E-state index contributed by atoms with van der Waals surface area (Å²) >= 11 is 0. The van der Waals surface area contributed by atoms with Gasteiger partial charge in [0.1, 0.15) is 42.9 Å². The zero-order valence-electron chi connectivity index (χ0n) is 70.8. The summed E-state index contributed by atoms with van der Waals surface area (Å²) in [5.74, 6) is -7.96. The maximum Gasteiger partial charge on any atom is 0.481 e. The van der Waals surface area contributed by atoms with Gasteiger partial charge in [0.05, 0.1) is 31.9 Å². The fourth-order valence-electron chi connectivity index (χ4n) is 12.7. The molecule has 0 radical (unpaired) electrons. The number of azide groups is 1. The Labute approximate surface area is 701 Å². The van der Waals surface area contributed by atoms with E-state index in [-0.39, 0.29) is 107 Å². The number of likely N-dealkylation sites (tertiary alicyclic amines) is 1. The number of nitrogens with two attached hydrogens (primary N) is 1. The van der Waals surface area contributed by atoms with Gasteiger partial charge in [-0.1, -0.05) is 113 Å². The molecule has 1 heterocycles. The van der Waals surface area contributed by atoms with E-state index >= 15 is 0 Å². The number of nitrogens with zero attached hydrogens (tertiary/aromatic N) is 7. The third-order valence-electron chi connectivity index (χ3n) is 19.9. The number of aliphatic carboxylic acids is 1. The molecule has 12 atom stereocenters. The number of anilines is 1. The van der Waals surface area contributed by atoms with Gasteiger partial charge in [-0.25, -0.2) is 28.3 Å². The Bertz CT molecular complexity index is 3930. The third-order valence-corrected chi connectivity index (χ3v) is 22.6. The predicted molar refractivity (Wildman–Crippen MR) is 443 cm³/mol. The van der Waals surface area contributed by atoms with Crippen molar-refractivity contribution in [1.82, 2.24) is 51.5 Å². The van der Waals surface area contributed by atoms with Crippen molar-refractivity contribution in [3.05, 3.63) is 99.5 Å². The number of primary amides is 1. The van der Waals surface area contributed by atoms with Crippen LogP contribution in [0.4, 0.5) is 20.1 Å². The maximum absolute atomic E-state index is 14.6. The lowest BCUT2D eigenvalue weighted by molar-refractivity contribution is -0.156. The van der Waals surface area contributed by atoms with E-state index in [1.54, 1.807) is 95.3 Å². The zero-order valence-corrected chi connectivity index (χ0v) is 72.6. The fourth-order valence-corrected chi connectivity index (χ4v) is 14.9. The van der Waals surface area contributed by atoms with E-state index in [9.17, 15) is 91.5 Å². The molecule has 2 aromatic rings. The van der Waals surface area contributed by atoms with Crippen LogP contribution in [0.15, 0.2) is 83.0 Å². The molecule has 0 aliphatic carbocycles. The number of carbonyl (C=O) groups is 13. The number of esters is 1. The molecule has 1 fully saturated rings. The first-order valence-electron chi connectivity index (χ1n) is 40.4. The van der Waals surface area contributed by atoms with Crippen molar-refractivity contribution in [2.45, 2.75) is 240 Å². The number of carboxylic acid groups (broad SMARTS) is 2. The number of benzene rings is 2. The highest BCUT2D eigenvalue weighted by molar-refractivity contribution is 7.61. The zero-order chi connectivity index (χ0) is 89.8. The molecule has 13 N–H and O–H groups in total. The Morgan fingerprint density at radius 2 is 1.35 bits per heavy atom. The van der Waals surface area contributed by atoms with E-state index in [0.717, 1.165) is 21.8 Å². The van der Waals surface area contributed by atoms with Crippen LogP contribution in [-0.2, 0) is 92.9 Å². The first-order chi connectivity index (χ1) is 56.6. The molecule has 4 unspecified atom stereocenters. The number of carbonyl (C=O) groups excluding carboxylic acids is 11. The molecule has 41 heteroatoms. The van der Waals surface area contributed by atoms with Gasteiger partial charge < -0.3 is 92.0 Å². The molecule has 120 heavy (non-hydrogen) atoms. The number of phosphoric acid groups is 2. The molecular weight excluding hydrogens is 1600 g/mol. The highest BCUT2D eigenvalue weighted by Crippen LogP contribution is 2.60. The van der Waals surface area contributed by atoms with Crippen molar-refractivity contribution in [1.29, 1.82) is 0 Å². The topological polar surface area (TPSA) is 555 Å². The second-order valence-electron chi connectivity index (χ2n) is 30.2. The quantitative estimate of drug-likeness (QED) is 0.00430. The van der Waals surface area contributed by atoms with Gasteiger partial charge in [-0.3, -0.25) is 52.2 Å². The van der Waals surface area contributed by atoms with Crippen LogP contribution < -0.4 is 43.0 Å². The Kier molecular flexibility index (Phi) is 47.2. The average Bonchev–Trinajstić information content (AvgIpc) is 1.61. The molecule has 12 amide bonds. The molecule has 2 aromatic carbocycles. The number of allylic oxidation sites excluding steroid dienone is 3. The number of hydrogen-bond donors (Lipinski definition) is 12. The molecule has 670 valence electrons. The third kappa shape index (κ3) is 39.5. The van der Waals surface area contributed by atoms with Gasteiger partial charge in [0.25, 0.3) is 5.91 Å². The molecule has 0 saturated carbocycles. The van der Waals surface area contributed by atoms with Gasteiger partial charge in [0.2, 0.25) is 41.4 Å². The van der Waals surface area contributed by atoms with Crippen molar-refractivity contribution in [3.63, 3.8) is 0 Å². The van der Waals surface area contributed by atoms with Crippen LogP contribution in [0.2, 0.25) is 0 Å². The summed E-state index contributed by atoms with van der Waals surface area (Å²) in [6.45, 7) is 15.6. The van der Waals surface area contributed by atoms with Gasteiger partial charge in [-0.15, -0.1) is 0 Å². The minimum Gasteiger partial charge on any atom is -0.480 e. The number of unbranched alkanes of at least 4 members (excludes halogenated alkanes) is 6. The summed E-state index contributed by atoms with van der Waals surface area (Å²) < 4.78 is 50.9. The Hall–Kier alpha value is -10.0.